The number of rotatable bonds is 5. The maximum Gasteiger partial charge on any atom is 0.246 e. The highest BCUT2D eigenvalue weighted by Gasteiger charge is 2.32. The van der Waals surface area contributed by atoms with Crippen molar-refractivity contribution < 1.29 is 4.79 Å². The summed E-state index contributed by atoms with van der Waals surface area (Å²) in [5.74, 6) is 1.26. The van der Waals surface area contributed by atoms with Crippen LogP contribution in [0.1, 0.15) is 23.7 Å². The van der Waals surface area contributed by atoms with Crippen LogP contribution in [0.4, 0.5) is 0 Å². The number of aromatic nitrogens is 3. The third-order valence-corrected chi connectivity index (χ3v) is 4.79. The molecule has 1 aliphatic rings. The van der Waals surface area contributed by atoms with E-state index in [2.05, 4.69) is 20.6 Å². The summed E-state index contributed by atoms with van der Waals surface area (Å²) in [7, 11) is 0. The van der Waals surface area contributed by atoms with Crippen molar-refractivity contribution in [3.63, 3.8) is 0 Å². The zero-order valence-electron chi connectivity index (χ0n) is 14.3. The number of nitrogens with one attached hydrogen (secondary N) is 1. The van der Waals surface area contributed by atoms with Crippen LogP contribution in [0.5, 0.6) is 0 Å². The number of imidazole rings is 1. The molecule has 4 rings (SSSR count). The molecule has 3 aromatic rings. The molecule has 1 aliphatic heterocycles. The SMILES string of the molecule is N#CCCn1cc(/C=C/C(=O)N2CC(c3ncc[nH]3)C2)c2ccccc21. The molecule has 6 nitrogen and oxygen atoms in total. The van der Waals surface area contributed by atoms with Gasteiger partial charge in [-0.3, -0.25) is 4.79 Å². The van der Waals surface area contributed by atoms with Crippen molar-refractivity contribution in [2.24, 2.45) is 0 Å². The Morgan fingerprint density at radius 2 is 2.23 bits per heavy atom. The van der Waals surface area contributed by atoms with E-state index in [1.54, 1.807) is 12.3 Å². The van der Waals surface area contributed by atoms with Crippen LogP contribution in [-0.4, -0.2) is 38.4 Å². The second-order valence-corrected chi connectivity index (χ2v) is 6.45. The predicted molar refractivity (Wildman–Crippen MR) is 99.1 cm³/mol. The first kappa shape index (κ1) is 16.2. The van der Waals surface area contributed by atoms with E-state index >= 15 is 0 Å². The van der Waals surface area contributed by atoms with E-state index in [0.717, 1.165) is 22.3 Å². The van der Waals surface area contributed by atoms with Gasteiger partial charge < -0.3 is 14.5 Å². The molecule has 0 spiro atoms. The van der Waals surface area contributed by atoms with Crippen LogP contribution in [0.15, 0.2) is 48.9 Å². The minimum absolute atomic E-state index is 0.0154. The van der Waals surface area contributed by atoms with Crippen LogP contribution in [0.25, 0.3) is 17.0 Å². The molecule has 3 heterocycles. The number of nitrogens with zero attached hydrogens (tertiary/aromatic N) is 4. The van der Waals surface area contributed by atoms with E-state index in [4.69, 9.17) is 5.26 Å². The zero-order valence-corrected chi connectivity index (χ0v) is 14.3. The number of H-pyrrole nitrogens is 1. The third-order valence-electron chi connectivity index (χ3n) is 4.79. The third kappa shape index (κ3) is 3.00. The Kier molecular flexibility index (Phi) is 4.28. The number of benzene rings is 1. The summed E-state index contributed by atoms with van der Waals surface area (Å²) >= 11 is 0. The van der Waals surface area contributed by atoms with E-state index in [0.29, 0.717) is 32.0 Å². The molecule has 1 fully saturated rings. The Morgan fingerprint density at radius 3 is 3.00 bits per heavy atom. The van der Waals surface area contributed by atoms with Gasteiger partial charge in [0.1, 0.15) is 5.82 Å². The van der Waals surface area contributed by atoms with E-state index in [-0.39, 0.29) is 5.91 Å². The van der Waals surface area contributed by atoms with Gasteiger partial charge in [0.2, 0.25) is 5.91 Å². The van der Waals surface area contributed by atoms with Crippen molar-refractivity contribution in [1.29, 1.82) is 5.26 Å². The van der Waals surface area contributed by atoms with Crippen molar-refractivity contribution in [1.82, 2.24) is 19.4 Å². The van der Waals surface area contributed by atoms with E-state index in [9.17, 15) is 4.79 Å². The fraction of sp³-hybridized carbons (Fsp3) is 0.250. The molecule has 1 saturated heterocycles. The number of nitriles is 1. The Morgan fingerprint density at radius 1 is 1.38 bits per heavy atom. The highest BCUT2D eigenvalue weighted by Crippen LogP contribution is 2.26. The summed E-state index contributed by atoms with van der Waals surface area (Å²) in [6.45, 7) is 2.04. The normalized spacial score (nSPS) is 14.7. The monoisotopic (exact) mass is 345 g/mol. The molecule has 1 aromatic carbocycles. The van der Waals surface area contributed by atoms with Gasteiger partial charge in [-0.25, -0.2) is 4.98 Å². The molecular weight excluding hydrogens is 326 g/mol. The van der Waals surface area contributed by atoms with Crippen LogP contribution in [-0.2, 0) is 11.3 Å². The predicted octanol–water partition coefficient (Wildman–Crippen LogP) is 2.92. The fourth-order valence-electron chi connectivity index (χ4n) is 3.36. The van der Waals surface area contributed by atoms with Crippen LogP contribution in [0.3, 0.4) is 0 Å². The number of para-hydroxylation sites is 1. The topological polar surface area (TPSA) is 77.7 Å². The lowest BCUT2D eigenvalue weighted by molar-refractivity contribution is -0.130. The van der Waals surface area contributed by atoms with Crippen molar-refractivity contribution in [3.05, 3.63) is 60.3 Å². The van der Waals surface area contributed by atoms with Crippen LogP contribution < -0.4 is 0 Å². The molecule has 1 N–H and O–H groups in total. The van der Waals surface area contributed by atoms with Crippen molar-refractivity contribution in [3.8, 4) is 6.07 Å². The van der Waals surface area contributed by atoms with Gasteiger partial charge in [0, 0.05) is 60.8 Å². The van der Waals surface area contributed by atoms with Gasteiger partial charge in [-0.2, -0.15) is 5.26 Å². The minimum Gasteiger partial charge on any atom is -0.348 e. The lowest BCUT2D eigenvalue weighted by Gasteiger charge is -2.37. The first-order chi connectivity index (χ1) is 12.8. The quantitative estimate of drug-likeness (QED) is 0.722. The Bertz CT molecular complexity index is 987. The van der Waals surface area contributed by atoms with Crippen LogP contribution in [0, 0.1) is 11.3 Å². The molecule has 0 unspecified atom stereocenters. The van der Waals surface area contributed by atoms with Gasteiger partial charge in [-0.15, -0.1) is 0 Å². The Balaban J connectivity index is 1.47. The Hall–Kier alpha value is -3.33. The summed E-state index contributed by atoms with van der Waals surface area (Å²) in [4.78, 5) is 21.6. The summed E-state index contributed by atoms with van der Waals surface area (Å²) in [5.41, 5.74) is 2.08. The fourth-order valence-corrected chi connectivity index (χ4v) is 3.36. The van der Waals surface area contributed by atoms with Crippen molar-refractivity contribution in [2.75, 3.05) is 13.1 Å². The Labute approximate surface area is 151 Å². The molecule has 26 heavy (non-hydrogen) atoms. The summed E-state index contributed by atoms with van der Waals surface area (Å²) in [6.07, 6.45) is 9.52. The zero-order chi connectivity index (χ0) is 17.9. The standard InChI is InChI=1S/C20H19N5O/c21-8-3-11-24-12-15(17-4-1-2-5-18(17)24)6-7-19(26)25-13-16(14-25)20-22-9-10-23-20/h1-2,4-7,9-10,12,16H,3,11,13-14H2,(H,22,23)/b7-6+. The first-order valence-corrected chi connectivity index (χ1v) is 8.67. The number of hydrogen-bond acceptors (Lipinski definition) is 3. The first-order valence-electron chi connectivity index (χ1n) is 8.67. The number of carbonyl (C=O) groups is 1. The number of likely N-dealkylation sites (tertiary alicyclic amines) is 1. The lowest BCUT2D eigenvalue weighted by Crippen LogP contribution is -2.48. The van der Waals surface area contributed by atoms with Gasteiger partial charge >= 0.3 is 0 Å². The molecule has 0 aliphatic carbocycles. The van der Waals surface area contributed by atoms with E-state index in [1.165, 1.54) is 0 Å². The maximum absolute atomic E-state index is 12.4. The van der Waals surface area contributed by atoms with Crippen LogP contribution >= 0.6 is 0 Å². The number of fused-ring (bicyclic) bond motifs is 1. The van der Waals surface area contributed by atoms with Crippen molar-refractivity contribution >= 4 is 22.9 Å². The number of aromatic amines is 1. The van der Waals surface area contributed by atoms with Crippen LogP contribution in [0.2, 0.25) is 0 Å². The second kappa shape index (κ2) is 6.89. The maximum atomic E-state index is 12.4. The van der Waals surface area contributed by atoms with Gasteiger partial charge in [0.05, 0.1) is 18.4 Å². The van der Waals surface area contributed by atoms with Gasteiger partial charge in [-0.05, 0) is 12.1 Å². The molecule has 0 atom stereocenters. The molecular formula is C20H19N5O. The number of hydrogen-bond donors (Lipinski definition) is 1. The molecule has 2 aromatic heterocycles. The molecule has 0 bridgehead atoms. The molecule has 0 radical (unpaired) electrons. The molecule has 130 valence electrons. The summed E-state index contributed by atoms with van der Waals surface area (Å²) in [6, 6.07) is 10.2. The van der Waals surface area contributed by atoms with Gasteiger partial charge in [0.25, 0.3) is 0 Å². The van der Waals surface area contributed by atoms with Gasteiger partial charge in [0.15, 0.2) is 0 Å². The highest BCUT2D eigenvalue weighted by atomic mass is 16.2. The summed E-state index contributed by atoms with van der Waals surface area (Å²) in [5, 5.41) is 9.92. The van der Waals surface area contributed by atoms with Gasteiger partial charge in [-0.1, -0.05) is 18.2 Å². The smallest absolute Gasteiger partial charge is 0.246 e. The molecule has 1 amide bonds. The average Bonchev–Trinajstić information content (AvgIpc) is 3.25. The number of aryl methyl sites for hydroxylation is 1. The molecule has 6 heteroatoms. The molecule has 0 saturated carbocycles. The second-order valence-electron chi connectivity index (χ2n) is 6.45. The highest BCUT2D eigenvalue weighted by molar-refractivity contribution is 5.96. The summed E-state index contributed by atoms with van der Waals surface area (Å²) < 4.78 is 2.07. The minimum atomic E-state index is 0.0154. The lowest BCUT2D eigenvalue weighted by atomic mass is 9.99. The van der Waals surface area contributed by atoms with E-state index < -0.39 is 0 Å². The van der Waals surface area contributed by atoms with Crippen molar-refractivity contribution in [2.45, 2.75) is 18.9 Å². The average molecular weight is 345 g/mol. The van der Waals surface area contributed by atoms with E-state index in [1.807, 2.05) is 47.6 Å². The number of amides is 1. The number of carbonyl (C=O) groups excluding carboxylic acids is 1. The largest absolute Gasteiger partial charge is 0.348 e.